The Hall–Kier alpha value is -1.78. The van der Waals surface area contributed by atoms with Gasteiger partial charge in [0.15, 0.2) is 0 Å². The predicted molar refractivity (Wildman–Crippen MR) is 75.7 cm³/mol. The largest absolute Gasteiger partial charge is 0.394 e. The fourth-order valence-electron chi connectivity index (χ4n) is 2.02. The fraction of sp³-hybridized carbons (Fsp3) is 0.333. The first-order chi connectivity index (χ1) is 9.04. The third kappa shape index (κ3) is 2.64. The summed E-state index contributed by atoms with van der Waals surface area (Å²) in [4.78, 5) is 8.56. The number of hydrogen-bond acceptors (Lipinski definition) is 4. The average molecular weight is 257 g/mol. The molecule has 0 spiro atoms. The van der Waals surface area contributed by atoms with Gasteiger partial charge in [-0.25, -0.2) is 9.97 Å². The van der Waals surface area contributed by atoms with Crippen molar-refractivity contribution in [2.45, 2.75) is 26.8 Å². The molecule has 1 unspecified atom stereocenters. The molecule has 3 N–H and O–H groups in total. The average Bonchev–Trinajstić information content (AvgIpc) is 2.44. The molecule has 2 rings (SSSR count). The van der Waals surface area contributed by atoms with Gasteiger partial charge in [0.05, 0.1) is 18.3 Å². The molecule has 0 amide bonds. The van der Waals surface area contributed by atoms with Crippen molar-refractivity contribution < 1.29 is 5.11 Å². The smallest absolute Gasteiger partial charge is 0.147 e. The molecule has 0 saturated carbocycles. The van der Waals surface area contributed by atoms with Gasteiger partial charge in [0, 0.05) is 11.8 Å². The zero-order valence-electron chi connectivity index (χ0n) is 11.5. The van der Waals surface area contributed by atoms with Crippen LogP contribution in [0.3, 0.4) is 0 Å². The molecule has 1 heterocycles. The van der Waals surface area contributed by atoms with Crippen LogP contribution in [-0.4, -0.2) is 21.7 Å². The summed E-state index contributed by atoms with van der Waals surface area (Å²) < 4.78 is 0. The molecule has 1 atom stereocenters. The van der Waals surface area contributed by atoms with Crippen molar-refractivity contribution in [1.29, 1.82) is 0 Å². The number of benzene rings is 1. The van der Waals surface area contributed by atoms with Crippen LogP contribution in [0.15, 0.2) is 24.4 Å². The number of hydrogen-bond donors (Lipinski definition) is 2. The summed E-state index contributed by atoms with van der Waals surface area (Å²) in [5, 5.41) is 9.08. The van der Waals surface area contributed by atoms with Gasteiger partial charge in [-0.05, 0) is 43.5 Å². The minimum Gasteiger partial charge on any atom is -0.394 e. The molecule has 1 aromatic carbocycles. The molecule has 4 nitrogen and oxygen atoms in total. The number of rotatable bonds is 3. The second kappa shape index (κ2) is 5.47. The van der Waals surface area contributed by atoms with Crippen LogP contribution < -0.4 is 5.73 Å². The van der Waals surface area contributed by atoms with E-state index in [1.165, 1.54) is 16.7 Å². The van der Waals surface area contributed by atoms with Crippen molar-refractivity contribution in [1.82, 2.24) is 9.97 Å². The Kier molecular flexibility index (Phi) is 3.93. The van der Waals surface area contributed by atoms with Gasteiger partial charge in [-0.2, -0.15) is 0 Å². The van der Waals surface area contributed by atoms with Gasteiger partial charge >= 0.3 is 0 Å². The lowest BCUT2D eigenvalue weighted by molar-refractivity contribution is 0.263. The van der Waals surface area contributed by atoms with Gasteiger partial charge in [0.2, 0.25) is 0 Å². The Bertz CT molecular complexity index is 596. The fourth-order valence-corrected chi connectivity index (χ4v) is 2.02. The molecule has 19 heavy (non-hydrogen) atoms. The highest BCUT2D eigenvalue weighted by atomic mass is 16.3. The van der Waals surface area contributed by atoms with Crippen molar-refractivity contribution in [3.05, 3.63) is 46.9 Å². The lowest BCUT2D eigenvalue weighted by atomic mass is 9.97. The first-order valence-corrected chi connectivity index (χ1v) is 6.31. The van der Waals surface area contributed by atoms with Crippen LogP contribution >= 0.6 is 0 Å². The lowest BCUT2D eigenvalue weighted by Crippen LogP contribution is -2.17. The van der Waals surface area contributed by atoms with E-state index in [-0.39, 0.29) is 6.61 Å². The minimum absolute atomic E-state index is 0.157. The first kappa shape index (κ1) is 13.6. The zero-order chi connectivity index (χ0) is 14.0. The molecular weight excluding hydrogens is 238 g/mol. The molecule has 1 aromatic heterocycles. The van der Waals surface area contributed by atoms with Crippen molar-refractivity contribution in [2.75, 3.05) is 6.61 Å². The molecule has 0 fully saturated rings. The highest BCUT2D eigenvalue weighted by Gasteiger charge is 2.11. The van der Waals surface area contributed by atoms with Crippen LogP contribution in [0.4, 0.5) is 0 Å². The molecule has 0 aliphatic heterocycles. The van der Waals surface area contributed by atoms with E-state index < -0.39 is 6.04 Å². The number of nitrogens with two attached hydrogens (primary N) is 1. The number of aliphatic hydroxyl groups is 1. The van der Waals surface area contributed by atoms with Gasteiger partial charge in [-0.1, -0.05) is 12.1 Å². The SMILES string of the molecule is Cc1ccc(-c2ccnc(C(N)CO)n2)c(C)c1C. The normalized spacial score (nSPS) is 12.5. The Balaban J connectivity index is 2.51. The third-order valence-corrected chi connectivity index (χ3v) is 3.54. The van der Waals surface area contributed by atoms with Crippen LogP contribution in [-0.2, 0) is 0 Å². The van der Waals surface area contributed by atoms with E-state index in [1.807, 2.05) is 6.07 Å². The number of nitrogens with zero attached hydrogens (tertiary/aromatic N) is 2. The minimum atomic E-state index is -0.535. The summed E-state index contributed by atoms with van der Waals surface area (Å²) in [6.45, 7) is 6.13. The third-order valence-electron chi connectivity index (χ3n) is 3.54. The summed E-state index contributed by atoms with van der Waals surface area (Å²) in [7, 11) is 0. The molecule has 2 aromatic rings. The second-order valence-corrected chi connectivity index (χ2v) is 4.77. The van der Waals surface area contributed by atoms with Crippen molar-refractivity contribution in [2.24, 2.45) is 5.73 Å². The van der Waals surface area contributed by atoms with Gasteiger partial charge in [0.1, 0.15) is 5.82 Å². The molecule has 4 heteroatoms. The predicted octanol–water partition coefficient (Wildman–Crippen LogP) is 2.06. The van der Waals surface area contributed by atoms with Crippen LogP contribution in [0.5, 0.6) is 0 Å². The first-order valence-electron chi connectivity index (χ1n) is 6.31. The molecule has 0 aliphatic rings. The number of aryl methyl sites for hydroxylation is 1. The molecular formula is C15H19N3O. The van der Waals surface area contributed by atoms with E-state index in [2.05, 4.69) is 42.9 Å². The van der Waals surface area contributed by atoms with Crippen molar-refractivity contribution in [3.8, 4) is 11.3 Å². The maximum Gasteiger partial charge on any atom is 0.147 e. The van der Waals surface area contributed by atoms with E-state index in [0.717, 1.165) is 11.3 Å². The molecule has 0 bridgehead atoms. The summed E-state index contributed by atoms with van der Waals surface area (Å²) in [5.74, 6) is 0.470. The maximum atomic E-state index is 9.08. The van der Waals surface area contributed by atoms with E-state index in [1.54, 1.807) is 6.20 Å². The Morgan fingerprint density at radius 3 is 2.58 bits per heavy atom. The molecule has 100 valence electrons. The van der Waals surface area contributed by atoms with E-state index in [4.69, 9.17) is 10.8 Å². The lowest BCUT2D eigenvalue weighted by Gasteiger charge is -2.12. The monoisotopic (exact) mass is 257 g/mol. The summed E-state index contributed by atoms with van der Waals surface area (Å²) >= 11 is 0. The quantitative estimate of drug-likeness (QED) is 0.882. The van der Waals surface area contributed by atoms with Gasteiger partial charge in [-0.3, -0.25) is 0 Å². The number of aromatic nitrogens is 2. The van der Waals surface area contributed by atoms with E-state index in [0.29, 0.717) is 5.82 Å². The van der Waals surface area contributed by atoms with Crippen LogP contribution in [0, 0.1) is 20.8 Å². The molecule has 0 radical (unpaired) electrons. The summed E-state index contributed by atoms with van der Waals surface area (Å²) in [6.07, 6.45) is 1.68. The highest BCUT2D eigenvalue weighted by Crippen LogP contribution is 2.26. The van der Waals surface area contributed by atoms with Gasteiger partial charge < -0.3 is 10.8 Å². The Morgan fingerprint density at radius 1 is 1.16 bits per heavy atom. The van der Waals surface area contributed by atoms with Crippen LogP contribution in [0.2, 0.25) is 0 Å². The van der Waals surface area contributed by atoms with Gasteiger partial charge in [0.25, 0.3) is 0 Å². The maximum absolute atomic E-state index is 9.08. The standard InChI is InChI=1S/C15H19N3O/c1-9-4-5-12(11(3)10(9)2)14-6-7-17-15(18-14)13(16)8-19/h4-7,13,19H,8,16H2,1-3H3. The van der Waals surface area contributed by atoms with Crippen molar-refractivity contribution in [3.63, 3.8) is 0 Å². The van der Waals surface area contributed by atoms with E-state index >= 15 is 0 Å². The van der Waals surface area contributed by atoms with Crippen LogP contribution in [0.25, 0.3) is 11.3 Å². The van der Waals surface area contributed by atoms with Gasteiger partial charge in [-0.15, -0.1) is 0 Å². The Labute approximate surface area is 113 Å². The molecule has 0 saturated heterocycles. The topological polar surface area (TPSA) is 72.0 Å². The summed E-state index contributed by atoms with van der Waals surface area (Å²) in [5.41, 5.74) is 11.4. The zero-order valence-corrected chi connectivity index (χ0v) is 11.5. The molecule has 0 aliphatic carbocycles. The van der Waals surface area contributed by atoms with E-state index in [9.17, 15) is 0 Å². The Morgan fingerprint density at radius 2 is 1.89 bits per heavy atom. The highest BCUT2D eigenvalue weighted by molar-refractivity contribution is 5.65. The second-order valence-electron chi connectivity index (χ2n) is 4.77. The van der Waals surface area contributed by atoms with Crippen LogP contribution in [0.1, 0.15) is 28.6 Å². The van der Waals surface area contributed by atoms with Crippen molar-refractivity contribution >= 4 is 0 Å². The number of aliphatic hydroxyl groups excluding tert-OH is 1. The summed E-state index contributed by atoms with van der Waals surface area (Å²) in [6, 6.07) is 5.48.